The molecular formula is C46H70O2. The van der Waals surface area contributed by atoms with Gasteiger partial charge >= 0.3 is 0 Å². The lowest BCUT2D eigenvalue weighted by molar-refractivity contribution is -0.0358. The van der Waals surface area contributed by atoms with Crippen molar-refractivity contribution in [3.63, 3.8) is 0 Å². The van der Waals surface area contributed by atoms with Crippen molar-refractivity contribution in [1.29, 1.82) is 0 Å². The molecule has 0 aliphatic heterocycles. The van der Waals surface area contributed by atoms with E-state index >= 15 is 0 Å². The highest BCUT2D eigenvalue weighted by molar-refractivity contribution is 5.85. The molecule has 0 bridgehead atoms. The Morgan fingerprint density at radius 2 is 1.54 bits per heavy atom. The van der Waals surface area contributed by atoms with E-state index in [1.807, 2.05) is 0 Å². The van der Waals surface area contributed by atoms with Crippen LogP contribution in [0.4, 0.5) is 0 Å². The Hall–Kier alpha value is -1.64. The molecular weight excluding hydrogens is 585 g/mol. The zero-order valence-electron chi connectivity index (χ0n) is 31.4. The van der Waals surface area contributed by atoms with E-state index in [1.54, 1.807) is 5.57 Å². The van der Waals surface area contributed by atoms with Crippen molar-refractivity contribution in [2.45, 2.75) is 149 Å². The second kappa shape index (κ2) is 17.5. The molecule has 0 heterocycles. The van der Waals surface area contributed by atoms with Gasteiger partial charge in [-0.15, -0.1) is 0 Å². The summed E-state index contributed by atoms with van der Waals surface area (Å²) < 4.78 is 12.5. The summed E-state index contributed by atoms with van der Waals surface area (Å²) in [5.41, 5.74) is 3.81. The maximum absolute atomic E-state index is 6.52. The van der Waals surface area contributed by atoms with Gasteiger partial charge in [0.05, 0.1) is 12.7 Å². The van der Waals surface area contributed by atoms with Gasteiger partial charge in [-0.3, -0.25) is 0 Å². The molecule has 4 aliphatic carbocycles. The Morgan fingerprint density at radius 1 is 0.750 bits per heavy atom. The van der Waals surface area contributed by atoms with Gasteiger partial charge in [-0.2, -0.15) is 0 Å². The fourth-order valence-electron chi connectivity index (χ4n) is 11.5. The van der Waals surface area contributed by atoms with Crippen LogP contribution in [0.5, 0.6) is 0 Å². The van der Waals surface area contributed by atoms with E-state index in [2.05, 4.69) is 76.2 Å². The summed E-state index contributed by atoms with van der Waals surface area (Å²) in [5, 5.41) is 2.69. The molecule has 48 heavy (non-hydrogen) atoms. The molecule has 2 aromatic rings. The molecule has 4 aliphatic rings. The molecule has 2 nitrogen and oxygen atoms in total. The Balaban J connectivity index is 0.823. The molecule has 3 fully saturated rings. The molecule has 0 saturated heterocycles. The van der Waals surface area contributed by atoms with E-state index in [9.17, 15) is 0 Å². The van der Waals surface area contributed by atoms with Gasteiger partial charge in [-0.25, -0.2) is 0 Å². The first-order chi connectivity index (χ1) is 23.4. The summed E-state index contributed by atoms with van der Waals surface area (Å²) in [7, 11) is 0. The van der Waals surface area contributed by atoms with Crippen LogP contribution in [0.25, 0.3) is 10.8 Å². The monoisotopic (exact) mass is 655 g/mol. The lowest BCUT2D eigenvalue weighted by Gasteiger charge is -2.54. The topological polar surface area (TPSA) is 18.5 Å². The van der Waals surface area contributed by atoms with Crippen LogP contribution in [0.1, 0.15) is 142 Å². The van der Waals surface area contributed by atoms with Crippen molar-refractivity contribution in [3.05, 3.63) is 59.7 Å². The average Bonchev–Trinajstić information content (AvgIpc) is 3.45. The number of benzene rings is 2. The molecule has 266 valence electrons. The number of fused-ring (bicyclic) bond motifs is 6. The predicted molar refractivity (Wildman–Crippen MR) is 204 cm³/mol. The van der Waals surface area contributed by atoms with Crippen LogP contribution in [0.15, 0.2) is 54.1 Å². The van der Waals surface area contributed by atoms with Crippen molar-refractivity contribution >= 4 is 10.8 Å². The first kappa shape index (κ1) is 36.2. The fourth-order valence-corrected chi connectivity index (χ4v) is 11.5. The van der Waals surface area contributed by atoms with Crippen LogP contribution in [-0.4, -0.2) is 25.9 Å². The first-order valence-electron chi connectivity index (χ1n) is 20.8. The summed E-state index contributed by atoms with van der Waals surface area (Å²) in [6.07, 6.45) is 27.5. The highest BCUT2D eigenvalue weighted by Gasteiger charge is 2.56. The van der Waals surface area contributed by atoms with Gasteiger partial charge in [0, 0.05) is 13.2 Å². The molecule has 2 heteroatoms. The Kier molecular flexibility index (Phi) is 13.2. The van der Waals surface area contributed by atoms with Crippen LogP contribution < -0.4 is 0 Å². The third-order valence-corrected chi connectivity index (χ3v) is 14.0. The maximum Gasteiger partial charge on any atom is 0.0612 e. The highest BCUT2D eigenvalue weighted by Crippen LogP contribution is 2.64. The Morgan fingerprint density at radius 3 is 2.40 bits per heavy atom. The summed E-state index contributed by atoms with van der Waals surface area (Å²) in [6, 6.07) is 15.3. The normalized spacial score (nSPS) is 30.6. The standard InChI is InChI=1S/C46H70O2/c1-34(2)15-13-16-35(3)44-25-26-45-43-23-21-38-33-39(22-24-41(38)42(43)27-29-46(44,45)4)48-31-12-8-6-5-7-11-30-47-32-28-37-19-14-18-36-17-9-10-20-40(36)37/h9-10,14,17-21,34-35,39,41-45H,5-8,11-13,15-16,22-33H2,1-4H3/t35-,39+,41+,42-,43-,44-,45+,46-/m1/s1. The van der Waals surface area contributed by atoms with E-state index in [-0.39, 0.29) is 0 Å². The third-order valence-electron chi connectivity index (χ3n) is 14.0. The molecule has 2 aromatic carbocycles. The molecule has 6 rings (SSSR count). The number of hydrogen-bond acceptors (Lipinski definition) is 2. The van der Waals surface area contributed by atoms with Crippen LogP contribution in [0.2, 0.25) is 0 Å². The van der Waals surface area contributed by atoms with Crippen molar-refractivity contribution in [1.82, 2.24) is 0 Å². The van der Waals surface area contributed by atoms with Crippen molar-refractivity contribution in [2.24, 2.45) is 46.8 Å². The third kappa shape index (κ3) is 8.80. The van der Waals surface area contributed by atoms with E-state index < -0.39 is 0 Å². The van der Waals surface area contributed by atoms with Gasteiger partial charge in [0.1, 0.15) is 0 Å². The lowest BCUT2D eigenvalue weighted by atomic mass is 9.51. The summed E-state index contributed by atoms with van der Waals surface area (Å²) in [4.78, 5) is 0. The van der Waals surface area contributed by atoms with Gasteiger partial charge in [-0.1, -0.05) is 127 Å². The van der Waals surface area contributed by atoms with Crippen LogP contribution >= 0.6 is 0 Å². The predicted octanol–water partition coefficient (Wildman–Crippen LogP) is 12.8. The number of rotatable bonds is 18. The maximum atomic E-state index is 6.52. The molecule has 0 unspecified atom stereocenters. The van der Waals surface area contributed by atoms with E-state index in [0.29, 0.717) is 11.5 Å². The van der Waals surface area contributed by atoms with Crippen molar-refractivity contribution in [3.8, 4) is 0 Å². The number of unbranched alkanes of at least 4 members (excludes halogenated alkanes) is 5. The van der Waals surface area contributed by atoms with Crippen LogP contribution in [0, 0.1) is 46.8 Å². The van der Waals surface area contributed by atoms with Gasteiger partial charge in [-0.05, 0) is 134 Å². The summed E-state index contributed by atoms with van der Waals surface area (Å²) in [6.45, 7) is 12.8. The van der Waals surface area contributed by atoms with E-state index in [1.165, 1.54) is 125 Å². The molecule has 3 saturated carbocycles. The zero-order valence-corrected chi connectivity index (χ0v) is 31.4. The van der Waals surface area contributed by atoms with Gasteiger partial charge < -0.3 is 9.47 Å². The molecule has 0 radical (unpaired) electrons. The smallest absolute Gasteiger partial charge is 0.0612 e. The minimum absolute atomic E-state index is 0.478. The second-order valence-electron chi connectivity index (χ2n) is 17.5. The first-order valence-corrected chi connectivity index (χ1v) is 20.8. The minimum atomic E-state index is 0.478. The van der Waals surface area contributed by atoms with Crippen molar-refractivity contribution in [2.75, 3.05) is 19.8 Å². The second-order valence-corrected chi connectivity index (χ2v) is 17.5. The molecule has 0 spiro atoms. The average molecular weight is 655 g/mol. The molecule has 0 aromatic heterocycles. The van der Waals surface area contributed by atoms with E-state index in [0.717, 1.165) is 67.7 Å². The lowest BCUT2D eigenvalue weighted by Crippen LogP contribution is -2.47. The SMILES string of the molecule is CC(C)CCC[C@@H](C)[C@H]1CC[C@H]2[C@@H]3CC=C4C[C@@H](OCCCCCCCCOCCc5cccc6ccccc56)CC[C@@H]4[C@H]3CC[C@]12C. The fraction of sp³-hybridized carbons (Fsp3) is 0.739. The largest absolute Gasteiger partial charge is 0.381 e. The van der Waals surface area contributed by atoms with Crippen LogP contribution in [0.3, 0.4) is 0 Å². The van der Waals surface area contributed by atoms with E-state index in [4.69, 9.17) is 9.47 Å². The number of hydrogen-bond donors (Lipinski definition) is 0. The molecule has 0 N–H and O–H groups in total. The van der Waals surface area contributed by atoms with Gasteiger partial charge in [0.15, 0.2) is 0 Å². The summed E-state index contributed by atoms with van der Waals surface area (Å²) in [5.74, 6) is 6.52. The molecule has 8 atom stereocenters. The van der Waals surface area contributed by atoms with Gasteiger partial charge in [0.2, 0.25) is 0 Å². The molecule has 0 amide bonds. The Bertz CT molecular complexity index is 1290. The van der Waals surface area contributed by atoms with Crippen LogP contribution in [-0.2, 0) is 15.9 Å². The minimum Gasteiger partial charge on any atom is -0.381 e. The van der Waals surface area contributed by atoms with Crippen molar-refractivity contribution < 1.29 is 9.47 Å². The highest BCUT2D eigenvalue weighted by atomic mass is 16.5. The summed E-state index contributed by atoms with van der Waals surface area (Å²) >= 11 is 0. The Labute approximate surface area is 295 Å². The number of ether oxygens (including phenoxy) is 2. The quantitative estimate of drug-likeness (QED) is 0.118. The number of allylic oxidation sites excluding steroid dienone is 1. The zero-order chi connectivity index (χ0) is 33.3. The van der Waals surface area contributed by atoms with Gasteiger partial charge in [0.25, 0.3) is 0 Å².